The number of nitrogens with one attached hydrogen (secondary N) is 1. The van der Waals surface area contributed by atoms with Crippen molar-refractivity contribution in [3.63, 3.8) is 0 Å². The van der Waals surface area contributed by atoms with Crippen LogP contribution in [0.3, 0.4) is 0 Å². The lowest BCUT2D eigenvalue weighted by molar-refractivity contribution is 0.104. The molecule has 0 saturated carbocycles. The second-order valence-electron chi connectivity index (χ2n) is 5.21. The van der Waals surface area contributed by atoms with Crippen LogP contribution < -0.4 is 0 Å². The minimum absolute atomic E-state index is 0.126. The van der Waals surface area contributed by atoms with Crippen LogP contribution >= 0.6 is 11.6 Å². The van der Waals surface area contributed by atoms with Gasteiger partial charge < -0.3 is 5.11 Å². The molecular formula is C14H16ClFN4O. The Hall–Kier alpha value is -1.50. The van der Waals surface area contributed by atoms with Crippen LogP contribution in [0.5, 0.6) is 0 Å². The first-order valence-corrected chi connectivity index (χ1v) is 7.25. The zero-order valence-electron chi connectivity index (χ0n) is 11.3. The Morgan fingerprint density at radius 3 is 3.10 bits per heavy atom. The molecule has 0 amide bonds. The summed E-state index contributed by atoms with van der Waals surface area (Å²) >= 11 is 6.00. The molecule has 3 rings (SSSR count). The second-order valence-corrected chi connectivity index (χ2v) is 5.61. The van der Waals surface area contributed by atoms with Crippen LogP contribution in [-0.2, 0) is 0 Å². The van der Waals surface area contributed by atoms with Crippen molar-refractivity contribution in [1.82, 2.24) is 20.1 Å². The molecule has 0 bridgehead atoms. The average Bonchev–Trinajstić information content (AvgIpc) is 3.08. The molecule has 2 heterocycles. The Bertz CT molecular complexity index is 607. The number of hydrogen-bond acceptors (Lipinski definition) is 4. The molecule has 7 heteroatoms. The summed E-state index contributed by atoms with van der Waals surface area (Å²) in [7, 11) is 0. The molecule has 1 fully saturated rings. The molecule has 5 nitrogen and oxygen atoms in total. The standard InChI is InChI=1S/C14H16ClFN4O/c15-11-6-9(16)3-4-10(11)13(21)7-20-5-1-2-12(20)14-17-8-18-19-14/h3-4,6,8,12-13,21H,1-2,5,7H2,(H,17,18,19). The third-order valence-electron chi connectivity index (χ3n) is 3.84. The zero-order chi connectivity index (χ0) is 14.8. The van der Waals surface area contributed by atoms with Crippen molar-refractivity contribution in [3.8, 4) is 0 Å². The molecule has 1 aromatic carbocycles. The van der Waals surface area contributed by atoms with Crippen LogP contribution in [0.2, 0.25) is 5.02 Å². The predicted octanol–water partition coefficient (Wildman–Crippen LogP) is 2.47. The van der Waals surface area contributed by atoms with Gasteiger partial charge in [0.1, 0.15) is 18.0 Å². The number of β-amino-alcohol motifs (C(OH)–C–C–N with tert-alkyl or cyclic N) is 1. The lowest BCUT2D eigenvalue weighted by atomic mass is 10.1. The Morgan fingerprint density at radius 1 is 1.52 bits per heavy atom. The van der Waals surface area contributed by atoms with Crippen LogP contribution in [0.15, 0.2) is 24.5 Å². The number of hydrogen-bond donors (Lipinski definition) is 2. The minimum Gasteiger partial charge on any atom is -0.387 e. The van der Waals surface area contributed by atoms with Crippen molar-refractivity contribution in [1.29, 1.82) is 0 Å². The number of aliphatic hydroxyl groups excluding tert-OH is 1. The van der Waals surface area contributed by atoms with Gasteiger partial charge in [-0.2, -0.15) is 5.10 Å². The normalized spacial score (nSPS) is 20.8. The van der Waals surface area contributed by atoms with Crippen LogP contribution in [0.4, 0.5) is 4.39 Å². The highest BCUT2D eigenvalue weighted by Gasteiger charge is 2.30. The first kappa shape index (κ1) is 14.4. The molecule has 2 N–H and O–H groups in total. The molecule has 0 aliphatic carbocycles. The van der Waals surface area contributed by atoms with E-state index in [2.05, 4.69) is 20.1 Å². The summed E-state index contributed by atoms with van der Waals surface area (Å²) in [6.45, 7) is 1.30. The fourth-order valence-corrected chi connectivity index (χ4v) is 3.12. The highest BCUT2D eigenvalue weighted by atomic mass is 35.5. The number of aromatic amines is 1. The molecule has 2 atom stereocenters. The Kier molecular flexibility index (Phi) is 4.19. The number of likely N-dealkylation sites (tertiary alicyclic amines) is 1. The maximum Gasteiger partial charge on any atom is 0.141 e. The molecule has 21 heavy (non-hydrogen) atoms. The predicted molar refractivity (Wildman–Crippen MR) is 76.3 cm³/mol. The molecule has 1 aliphatic heterocycles. The van der Waals surface area contributed by atoms with Crippen molar-refractivity contribution in [2.45, 2.75) is 25.0 Å². The number of H-pyrrole nitrogens is 1. The van der Waals surface area contributed by atoms with E-state index in [1.165, 1.54) is 24.5 Å². The third-order valence-corrected chi connectivity index (χ3v) is 4.17. The summed E-state index contributed by atoms with van der Waals surface area (Å²) in [5.74, 6) is 0.404. The van der Waals surface area contributed by atoms with Gasteiger partial charge in [0.25, 0.3) is 0 Å². The van der Waals surface area contributed by atoms with Crippen molar-refractivity contribution >= 4 is 11.6 Å². The van der Waals surface area contributed by atoms with Gasteiger partial charge in [0.2, 0.25) is 0 Å². The van der Waals surface area contributed by atoms with Crippen molar-refractivity contribution < 1.29 is 9.50 Å². The van der Waals surface area contributed by atoms with E-state index in [9.17, 15) is 9.50 Å². The number of aliphatic hydroxyl groups is 1. The topological polar surface area (TPSA) is 65.0 Å². The smallest absolute Gasteiger partial charge is 0.141 e. The highest BCUT2D eigenvalue weighted by molar-refractivity contribution is 6.31. The first-order valence-electron chi connectivity index (χ1n) is 6.87. The maximum atomic E-state index is 13.1. The lowest BCUT2D eigenvalue weighted by Gasteiger charge is -2.25. The van der Waals surface area contributed by atoms with Gasteiger partial charge in [0, 0.05) is 17.1 Å². The van der Waals surface area contributed by atoms with Gasteiger partial charge in [0.15, 0.2) is 0 Å². The number of benzene rings is 1. The molecule has 1 aliphatic rings. The van der Waals surface area contributed by atoms with Gasteiger partial charge in [-0.1, -0.05) is 17.7 Å². The minimum atomic E-state index is -0.762. The second kappa shape index (κ2) is 6.09. The summed E-state index contributed by atoms with van der Waals surface area (Å²) in [5.41, 5.74) is 0.543. The number of rotatable bonds is 4. The van der Waals surface area contributed by atoms with Gasteiger partial charge in [-0.05, 0) is 31.5 Å². The van der Waals surface area contributed by atoms with E-state index in [4.69, 9.17) is 11.6 Å². The molecule has 1 saturated heterocycles. The number of nitrogens with zero attached hydrogens (tertiary/aromatic N) is 3. The first-order chi connectivity index (χ1) is 10.1. The van der Waals surface area contributed by atoms with Gasteiger partial charge in [-0.15, -0.1) is 0 Å². The maximum absolute atomic E-state index is 13.1. The Balaban J connectivity index is 1.73. The van der Waals surface area contributed by atoms with Gasteiger partial charge in [-0.25, -0.2) is 9.37 Å². The highest BCUT2D eigenvalue weighted by Crippen LogP contribution is 2.32. The van der Waals surface area contributed by atoms with Crippen LogP contribution in [0.25, 0.3) is 0 Å². The summed E-state index contributed by atoms with van der Waals surface area (Å²) < 4.78 is 13.1. The Labute approximate surface area is 126 Å². The van der Waals surface area contributed by atoms with E-state index in [1.54, 1.807) is 0 Å². The summed E-state index contributed by atoms with van der Waals surface area (Å²) in [4.78, 5) is 6.34. The van der Waals surface area contributed by atoms with Crippen molar-refractivity contribution in [3.05, 3.63) is 46.8 Å². The summed E-state index contributed by atoms with van der Waals surface area (Å²) in [6.07, 6.45) is 2.73. The number of halogens is 2. The van der Waals surface area contributed by atoms with Gasteiger partial charge in [0.05, 0.1) is 12.1 Å². The fourth-order valence-electron chi connectivity index (χ4n) is 2.82. The van der Waals surface area contributed by atoms with E-state index in [0.29, 0.717) is 12.1 Å². The van der Waals surface area contributed by atoms with Crippen LogP contribution in [0.1, 0.15) is 36.4 Å². The summed E-state index contributed by atoms with van der Waals surface area (Å²) in [5, 5.41) is 17.4. The van der Waals surface area contributed by atoms with Gasteiger partial charge in [-0.3, -0.25) is 10.00 Å². The van der Waals surface area contributed by atoms with Gasteiger partial charge >= 0.3 is 0 Å². The van der Waals surface area contributed by atoms with Crippen molar-refractivity contribution in [2.24, 2.45) is 0 Å². The van der Waals surface area contributed by atoms with E-state index in [-0.39, 0.29) is 11.1 Å². The van der Waals surface area contributed by atoms with E-state index >= 15 is 0 Å². The number of aromatic nitrogens is 3. The third kappa shape index (κ3) is 3.07. The quantitative estimate of drug-likeness (QED) is 0.910. The molecule has 2 aromatic rings. The molecule has 1 aromatic heterocycles. The molecule has 0 radical (unpaired) electrons. The van der Waals surface area contributed by atoms with Crippen molar-refractivity contribution in [2.75, 3.05) is 13.1 Å². The Morgan fingerprint density at radius 2 is 2.38 bits per heavy atom. The molecule has 0 spiro atoms. The molecular weight excluding hydrogens is 295 g/mol. The monoisotopic (exact) mass is 310 g/mol. The average molecular weight is 311 g/mol. The SMILES string of the molecule is OC(CN1CCCC1c1ncn[nH]1)c1ccc(F)cc1Cl. The molecule has 2 unspecified atom stereocenters. The lowest BCUT2D eigenvalue weighted by Crippen LogP contribution is -2.29. The fraction of sp³-hybridized carbons (Fsp3) is 0.429. The van der Waals surface area contributed by atoms with Crippen LogP contribution in [-0.4, -0.2) is 38.3 Å². The van der Waals surface area contributed by atoms with E-state index in [0.717, 1.165) is 25.2 Å². The van der Waals surface area contributed by atoms with E-state index < -0.39 is 11.9 Å². The van der Waals surface area contributed by atoms with E-state index in [1.807, 2.05) is 0 Å². The zero-order valence-corrected chi connectivity index (χ0v) is 12.1. The molecule has 112 valence electrons. The van der Waals surface area contributed by atoms with Crippen LogP contribution in [0, 0.1) is 5.82 Å². The summed E-state index contributed by atoms with van der Waals surface area (Å²) in [6, 6.07) is 4.18. The largest absolute Gasteiger partial charge is 0.387 e.